The van der Waals surface area contributed by atoms with E-state index in [-0.39, 0.29) is 17.3 Å². The highest BCUT2D eigenvalue weighted by atomic mass is 19.4. The molecule has 0 aliphatic rings. The summed E-state index contributed by atoms with van der Waals surface area (Å²) < 4.78 is 86.7. The maximum Gasteiger partial charge on any atom is 0.416 e. The summed E-state index contributed by atoms with van der Waals surface area (Å²) in [5.74, 6) is -0.391. The Morgan fingerprint density at radius 3 is 1.97 bits per heavy atom. The Kier molecular flexibility index (Phi) is 7.20. The first kappa shape index (κ1) is 27.7. The van der Waals surface area contributed by atoms with Gasteiger partial charge in [-0.05, 0) is 41.3 Å². The van der Waals surface area contributed by atoms with Crippen molar-refractivity contribution in [3.05, 3.63) is 99.5 Å². The van der Waals surface area contributed by atoms with Crippen molar-refractivity contribution in [3.63, 3.8) is 0 Å². The molecule has 1 aromatic heterocycles. The van der Waals surface area contributed by atoms with Gasteiger partial charge in [0.15, 0.2) is 0 Å². The van der Waals surface area contributed by atoms with Crippen molar-refractivity contribution in [2.75, 3.05) is 14.2 Å². The van der Waals surface area contributed by atoms with E-state index in [2.05, 4.69) is 0 Å². The number of amides is 1. The molecular formula is C28H22F6N2O3. The molecule has 0 saturated carbocycles. The molecule has 1 amide bonds. The van der Waals surface area contributed by atoms with Crippen LogP contribution in [-0.4, -0.2) is 29.5 Å². The zero-order valence-corrected chi connectivity index (χ0v) is 20.9. The van der Waals surface area contributed by atoms with Crippen molar-refractivity contribution in [2.24, 2.45) is 7.05 Å². The number of benzene rings is 3. The number of carbonyl (C=O) groups excluding carboxylic acids is 1. The van der Waals surface area contributed by atoms with Gasteiger partial charge in [0.2, 0.25) is 0 Å². The van der Waals surface area contributed by atoms with Crippen molar-refractivity contribution < 1.29 is 35.9 Å². The van der Waals surface area contributed by atoms with Gasteiger partial charge < -0.3 is 14.2 Å². The minimum absolute atomic E-state index is 0.0259. The first-order valence-corrected chi connectivity index (χ1v) is 11.5. The van der Waals surface area contributed by atoms with Crippen LogP contribution in [-0.2, 0) is 25.9 Å². The van der Waals surface area contributed by atoms with Crippen LogP contribution in [0.2, 0.25) is 0 Å². The van der Waals surface area contributed by atoms with Gasteiger partial charge in [0.05, 0.1) is 18.2 Å². The van der Waals surface area contributed by atoms with E-state index in [1.165, 1.54) is 21.2 Å². The predicted octanol–water partition coefficient (Wildman–Crippen LogP) is 6.52. The number of pyridine rings is 1. The molecule has 0 spiro atoms. The minimum Gasteiger partial charge on any atom is -0.496 e. The third-order valence-electron chi connectivity index (χ3n) is 6.30. The van der Waals surface area contributed by atoms with E-state index in [1.54, 1.807) is 48.5 Å². The molecule has 5 nitrogen and oxygen atoms in total. The second-order valence-corrected chi connectivity index (χ2v) is 8.91. The van der Waals surface area contributed by atoms with Crippen LogP contribution in [0.5, 0.6) is 5.75 Å². The quantitative estimate of drug-likeness (QED) is 0.267. The monoisotopic (exact) mass is 548 g/mol. The molecule has 0 fully saturated rings. The Morgan fingerprint density at radius 1 is 0.872 bits per heavy atom. The second-order valence-electron chi connectivity index (χ2n) is 8.91. The predicted molar refractivity (Wildman–Crippen MR) is 133 cm³/mol. The van der Waals surface area contributed by atoms with Gasteiger partial charge in [-0.15, -0.1) is 0 Å². The lowest BCUT2D eigenvalue weighted by Crippen LogP contribution is -2.33. The molecular weight excluding hydrogens is 526 g/mol. The summed E-state index contributed by atoms with van der Waals surface area (Å²) >= 11 is 0. The summed E-state index contributed by atoms with van der Waals surface area (Å²) in [5.41, 5.74) is -3.14. The molecule has 39 heavy (non-hydrogen) atoms. The largest absolute Gasteiger partial charge is 0.496 e. The first-order chi connectivity index (χ1) is 18.2. The average Bonchev–Trinajstić information content (AvgIpc) is 2.89. The summed E-state index contributed by atoms with van der Waals surface area (Å²) in [7, 11) is 4.05. The van der Waals surface area contributed by atoms with Crippen LogP contribution >= 0.6 is 0 Å². The number of halogens is 6. The Balaban J connectivity index is 1.89. The molecule has 0 atom stereocenters. The Labute approximate surface area is 218 Å². The molecule has 0 radical (unpaired) electrons. The molecule has 4 rings (SSSR count). The molecule has 0 unspecified atom stereocenters. The molecule has 4 aromatic rings. The first-order valence-electron chi connectivity index (χ1n) is 11.5. The van der Waals surface area contributed by atoms with Gasteiger partial charge in [0.25, 0.3) is 11.5 Å². The SMILES string of the molecule is COc1ccccc1-c1c(C(=O)N(C)Cc2cc(C(F)(F)F)cc(C(F)(F)F)c2)n(C)c(=O)c2ccccc12. The number of ether oxygens (including phenoxy) is 1. The van der Waals surface area contributed by atoms with Gasteiger partial charge in [-0.3, -0.25) is 9.59 Å². The summed E-state index contributed by atoms with van der Waals surface area (Å²) in [4.78, 5) is 28.0. The van der Waals surface area contributed by atoms with Crippen molar-refractivity contribution >= 4 is 16.7 Å². The van der Waals surface area contributed by atoms with E-state index < -0.39 is 41.5 Å². The van der Waals surface area contributed by atoms with Crippen LogP contribution in [0.3, 0.4) is 0 Å². The Bertz CT molecular complexity index is 1590. The summed E-state index contributed by atoms with van der Waals surface area (Å²) in [5, 5.41) is 0.744. The number of hydrogen-bond donors (Lipinski definition) is 0. The Hall–Kier alpha value is -4.28. The third kappa shape index (κ3) is 5.34. The maximum absolute atomic E-state index is 13.8. The fourth-order valence-electron chi connectivity index (χ4n) is 4.48. The van der Waals surface area contributed by atoms with Crippen LogP contribution in [0, 0.1) is 0 Å². The topological polar surface area (TPSA) is 51.5 Å². The van der Waals surface area contributed by atoms with Crippen LogP contribution in [0.1, 0.15) is 27.2 Å². The fraction of sp³-hybridized carbons (Fsp3) is 0.214. The van der Waals surface area contributed by atoms with Crippen LogP contribution < -0.4 is 10.3 Å². The van der Waals surface area contributed by atoms with E-state index in [0.29, 0.717) is 39.8 Å². The highest BCUT2D eigenvalue weighted by molar-refractivity contribution is 6.09. The molecule has 0 bridgehead atoms. The minimum atomic E-state index is -5.03. The maximum atomic E-state index is 13.8. The van der Waals surface area contributed by atoms with Crippen LogP contribution in [0.15, 0.2) is 71.5 Å². The van der Waals surface area contributed by atoms with E-state index in [0.717, 1.165) is 9.47 Å². The summed E-state index contributed by atoms with van der Waals surface area (Å²) in [6.45, 7) is -0.585. The van der Waals surface area contributed by atoms with Gasteiger partial charge in [-0.25, -0.2) is 0 Å². The average molecular weight is 548 g/mol. The lowest BCUT2D eigenvalue weighted by molar-refractivity contribution is -0.143. The number of carbonyl (C=O) groups is 1. The number of methoxy groups -OCH3 is 1. The molecule has 0 N–H and O–H groups in total. The smallest absolute Gasteiger partial charge is 0.416 e. The zero-order chi connectivity index (χ0) is 28.7. The molecule has 3 aromatic carbocycles. The van der Waals surface area contributed by atoms with Crippen molar-refractivity contribution in [2.45, 2.75) is 18.9 Å². The summed E-state index contributed by atoms with van der Waals surface area (Å²) in [6.07, 6.45) is -10.1. The van der Waals surface area contributed by atoms with Gasteiger partial charge in [-0.2, -0.15) is 26.3 Å². The van der Waals surface area contributed by atoms with E-state index >= 15 is 0 Å². The lowest BCUT2D eigenvalue weighted by atomic mass is 9.95. The normalized spacial score (nSPS) is 12.0. The highest BCUT2D eigenvalue weighted by Gasteiger charge is 2.37. The van der Waals surface area contributed by atoms with Gasteiger partial charge >= 0.3 is 12.4 Å². The van der Waals surface area contributed by atoms with Crippen molar-refractivity contribution in [1.82, 2.24) is 9.47 Å². The van der Waals surface area contributed by atoms with E-state index in [1.807, 2.05) is 0 Å². The zero-order valence-electron chi connectivity index (χ0n) is 20.9. The summed E-state index contributed by atoms with van der Waals surface area (Å²) in [6, 6.07) is 14.5. The molecule has 0 aliphatic carbocycles. The molecule has 1 heterocycles. The van der Waals surface area contributed by atoms with Crippen molar-refractivity contribution in [3.8, 4) is 16.9 Å². The number of nitrogens with zero attached hydrogens (tertiary/aromatic N) is 2. The van der Waals surface area contributed by atoms with Gasteiger partial charge in [0, 0.05) is 37.2 Å². The van der Waals surface area contributed by atoms with E-state index in [9.17, 15) is 35.9 Å². The number of alkyl halides is 6. The van der Waals surface area contributed by atoms with E-state index in [4.69, 9.17) is 4.74 Å². The third-order valence-corrected chi connectivity index (χ3v) is 6.30. The number of rotatable bonds is 5. The molecule has 204 valence electrons. The number of fused-ring (bicyclic) bond motifs is 1. The molecule has 11 heteroatoms. The standard InChI is InChI=1S/C28H22F6N2O3/c1-35(15-16-12-17(27(29,30)31)14-18(13-16)28(32,33)34)26(38)24-23(21-10-6-7-11-22(21)39-3)19-8-4-5-9-20(19)25(37)36(24)2/h4-14H,15H2,1-3H3. The number of aromatic nitrogens is 1. The highest BCUT2D eigenvalue weighted by Crippen LogP contribution is 2.38. The number of hydrogen-bond acceptors (Lipinski definition) is 3. The molecule has 0 saturated heterocycles. The fourth-order valence-corrected chi connectivity index (χ4v) is 4.48. The van der Waals surface area contributed by atoms with Gasteiger partial charge in [-0.1, -0.05) is 36.4 Å². The number of para-hydroxylation sites is 1. The second kappa shape index (κ2) is 10.1. The van der Waals surface area contributed by atoms with Crippen LogP contribution in [0.25, 0.3) is 21.9 Å². The van der Waals surface area contributed by atoms with Gasteiger partial charge in [0.1, 0.15) is 11.4 Å². The van der Waals surface area contributed by atoms with Crippen molar-refractivity contribution in [1.29, 1.82) is 0 Å². The Morgan fingerprint density at radius 2 is 1.41 bits per heavy atom. The van der Waals surface area contributed by atoms with Crippen LogP contribution in [0.4, 0.5) is 26.3 Å². The molecule has 0 aliphatic heterocycles. The lowest BCUT2D eigenvalue weighted by Gasteiger charge is -2.24.